The molecule has 1 heterocycles. The van der Waals surface area contributed by atoms with Crippen LogP contribution in [0.2, 0.25) is 0 Å². The first-order valence-corrected chi connectivity index (χ1v) is 6.87. The molecule has 0 saturated carbocycles. The minimum atomic E-state index is 0.0904. The summed E-state index contributed by atoms with van der Waals surface area (Å²) in [4.78, 5) is 17.5. The van der Waals surface area contributed by atoms with E-state index in [2.05, 4.69) is 18.2 Å². The van der Waals surface area contributed by atoms with E-state index in [1.807, 2.05) is 0 Å². The number of amides is 1. The number of nitrogens with zero attached hydrogens (tertiary/aromatic N) is 1. The van der Waals surface area contributed by atoms with Crippen molar-refractivity contribution >= 4 is 5.91 Å². The van der Waals surface area contributed by atoms with E-state index in [9.17, 15) is 4.79 Å². The fourth-order valence-electron chi connectivity index (χ4n) is 2.79. The van der Waals surface area contributed by atoms with Crippen molar-refractivity contribution in [3.63, 3.8) is 0 Å². The molecule has 1 aromatic carbocycles. The van der Waals surface area contributed by atoms with Gasteiger partial charge in [0.2, 0.25) is 0 Å². The minimum absolute atomic E-state index is 0.0904. The van der Waals surface area contributed by atoms with Crippen LogP contribution in [0.5, 0.6) is 0 Å². The second-order valence-corrected chi connectivity index (χ2v) is 5.17. The maximum absolute atomic E-state index is 12.1. The summed E-state index contributed by atoms with van der Waals surface area (Å²) in [6, 6.07) is 6.47. The highest BCUT2D eigenvalue weighted by molar-refractivity contribution is 5.78. The maximum atomic E-state index is 12.1. The molecule has 3 heteroatoms. The van der Waals surface area contributed by atoms with Gasteiger partial charge < -0.3 is 0 Å². The second kappa shape index (κ2) is 5.11. The van der Waals surface area contributed by atoms with E-state index in [0.29, 0.717) is 13.0 Å². The van der Waals surface area contributed by atoms with E-state index >= 15 is 0 Å². The van der Waals surface area contributed by atoms with Gasteiger partial charge in [0.15, 0.2) is 0 Å². The van der Waals surface area contributed by atoms with Crippen LogP contribution in [0.3, 0.4) is 0 Å². The molecule has 0 unspecified atom stereocenters. The molecule has 0 N–H and O–H groups in total. The van der Waals surface area contributed by atoms with Crippen LogP contribution >= 0.6 is 0 Å². The number of rotatable bonds is 2. The zero-order valence-corrected chi connectivity index (χ0v) is 10.7. The van der Waals surface area contributed by atoms with Crippen molar-refractivity contribution in [2.75, 3.05) is 13.2 Å². The monoisotopic (exact) mass is 245 g/mol. The largest absolute Gasteiger partial charge is 0.272 e. The van der Waals surface area contributed by atoms with Gasteiger partial charge in [-0.3, -0.25) is 9.63 Å². The summed E-state index contributed by atoms with van der Waals surface area (Å²) in [5.74, 6) is 0.0904. The number of carbonyl (C=O) groups is 1. The Kier molecular flexibility index (Phi) is 3.33. The van der Waals surface area contributed by atoms with Gasteiger partial charge in [0.1, 0.15) is 0 Å². The Balaban J connectivity index is 1.66. The summed E-state index contributed by atoms with van der Waals surface area (Å²) in [6.07, 6.45) is 6.18. The Hall–Kier alpha value is -1.35. The fraction of sp³-hybridized carbons (Fsp3) is 0.533. The summed E-state index contributed by atoms with van der Waals surface area (Å²) < 4.78 is 0. The Bertz CT molecular complexity index is 450. The summed E-state index contributed by atoms with van der Waals surface area (Å²) in [7, 11) is 0. The van der Waals surface area contributed by atoms with E-state index in [-0.39, 0.29) is 5.91 Å². The van der Waals surface area contributed by atoms with Gasteiger partial charge in [0.05, 0.1) is 13.0 Å². The molecule has 0 atom stereocenters. The quantitative estimate of drug-likeness (QED) is 0.800. The second-order valence-electron chi connectivity index (χ2n) is 5.17. The lowest BCUT2D eigenvalue weighted by Crippen LogP contribution is -2.36. The summed E-state index contributed by atoms with van der Waals surface area (Å²) in [6.45, 7) is 1.42. The van der Waals surface area contributed by atoms with Gasteiger partial charge in [-0.15, -0.1) is 0 Å². The zero-order valence-electron chi connectivity index (χ0n) is 10.7. The van der Waals surface area contributed by atoms with Gasteiger partial charge in [-0.2, -0.15) is 0 Å². The molecule has 96 valence electrons. The standard InChI is InChI=1S/C15H19NO2/c17-15(16-8-1-2-9-18-16)11-12-6-7-13-4-3-5-14(13)10-12/h6-7,10H,1-5,8-9,11H2. The van der Waals surface area contributed by atoms with Gasteiger partial charge in [-0.1, -0.05) is 18.2 Å². The van der Waals surface area contributed by atoms with Crippen molar-refractivity contribution in [1.82, 2.24) is 5.06 Å². The van der Waals surface area contributed by atoms with Gasteiger partial charge in [-0.05, 0) is 48.8 Å². The Labute approximate surface area is 108 Å². The third-order valence-corrected chi connectivity index (χ3v) is 3.80. The molecule has 0 bridgehead atoms. The van der Waals surface area contributed by atoms with Crippen LogP contribution in [0.25, 0.3) is 0 Å². The first-order chi connectivity index (χ1) is 8.83. The molecule has 1 amide bonds. The van der Waals surface area contributed by atoms with Crippen molar-refractivity contribution < 1.29 is 9.63 Å². The van der Waals surface area contributed by atoms with Crippen molar-refractivity contribution in [3.8, 4) is 0 Å². The summed E-state index contributed by atoms with van der Waals surface area (Å²) in [5.41, 5.74) is 4.01. The van der Waals surface area contributed by atoms with E-state index in [1.54, 1.807) is 0 Å². The van der Waals surface area contributed by atoms with Crippen molar-refractivity contribution in [3.05, 3.63) is 34.9 Å². The van der Waals surface area contributed by atoms with Crippen LogP contribution in [0, 0.1) is 0 Å². The highest BCUT2D eigenvalue weighted by Crippen LogP contribution is 2.23. The number of carbonyl (C=O) groups excluding carboxylic acids is 1. The van der Waals surface area contributed by atoms with Gasteiger partial charge in [0.25, 0.3) is 5.91 Å². The SMILES string of the molecule is O=C(Cc1ccc2c(c1)CCC2)N1CCCCO1. The summed E-state index contributed by atoms with van der Waals surface area (Å²) in [5, 5.41) is 1.54. The van der Waals surface area contributed by atoms with E-state index in [4.69, 9.17) is 4.84 Å². The molecule has 0 spiro atoms. The Morgan fingerprint density at radius 1 is 1.17 bits per heavy atom. The molecule has 3 nitrogen and oxygen atoms in total. The third-order valence-electron chi connectivity index (χ3n) is 3.80. The number of benzene rings is 1. The highest BCUT2D eigenvalue weighted by atomic mass is 16.7. The highest BCUT2D eigenvalue weighted by Gasteiger charge is 2.19. The first kappa shape index (κ1) is 11.7. The normalized spacial score (nSPS) is 18.8. The Morgan fingerprint density at radius 2 is 2.06 bits per heavy atom. The third kappa shape index (κ3) is 2.41. The molecule has 1 aliphatic carbocycles. The zero-order chi connectivity index (χ0) is 12.4. The lowest BCUT2D eigenvalue weighted by atomic mass is 10.0. The molecule has 1 aliphatic heterocycles. The number of hydrogen-bond acceptors (Lipinski definition) is 2. The molecule has 1 fully saturated rings. The number of aryl methyl sites for hydroxylation is 2. The predicted molar refractivity (Wildman–Crippen MR) is 69.1 cm³/mol. The predicted octanol–water partition coefficient (Wildman–Crippen LogP) is 2.27. The first-order valence-electron chi connectivity index (χ1n) is 6.87. The minimum Gasteiger partial charge on any atom is -0.272 e. The summed E-state index contributed by atoms with van der Waals surface area (Å²) >= 11 is 0. The van der Waals surface area contributed by atoms with Crippen LogP contribution in [0.15, 0.2) is 18.2 Å². The van der Waals surface area contributed by atoms with Crippen LogP contribution in [0.4, 0.5) is 0 Å². The molecule has 0 radical (unpaired) electrons. The average Bonchev–Trinajstić information content (AvgIpc) is 2.87. The average molecular weight is 245 g/mol. The van der Waals surface area contributed by atoms with Gasteiger partial charge in [0, 0.05) is 6.54 Å². The smallest absolute Gasteiger partial charge is 0.250 e. The molecular formula is C15H19NO2. The molecule has 18 heavy (non-hydrogen) atoms. The van der Waals surface area contributed by atoms with Crippen LogP contribution in [-0.4, -0.2) is 24.1 Å². The molecule has 0 aromatic heterocycles. The fourth-order valence-corrected chi connectivity index (χ4v) is 2.79. The number of hydroxylamine groups is 2. The molecule has 2 aliphatic rings. The van der Waals surface area contributed by atoms with Crippen LogP contribution < -0.4 is 0 Å². The topological polar surface area (TPSA) is 29.5 Å². The lowest BCUT2D eigenvalue weighted by molar-refractivity contribution is -0.196. The molecule has 1 aromatic rings. The Morgan fingerprint density at radius 3 is 2.89 bits per heavy atom. The van der Waals surface area contributed by atoms with Gasteiger partial charge >= 0.3 is 0 Å². The number of hydrogen-bond donors (Lipinski definition) is 0. The van der Waals surface area contributed by atoms with Gasteiger partial charge in [-0.25, -0.2) is 5.06 Å². The molecule has 3 rings (SSSR count). The van der Waals surface area contributed by atoms with E-state index < -0.39 is 0 Å². The van der Waals surface area contributed by atoms with Crippen LogP contribution in [-0.2, 0) is 28.9 Å². The van der Waals surface area contributed by atoms with Crippen molar-refractivity contribution in [1.29, 1.82) is 0 Å². The maximum Gasteiger partial charge on any atom is 0.250 e. The lowest BCUT2D eigenvalue weighted by Gasteiger charge is -2.25. The van der Waals surface area contributed by atoms with Crippen LogP contribution in [0.1, 0.15) is 36.0 Å². The number of fused-ring (bicyclic) bond motifs is 1. The molecular weight excluding hydrogens is 226 g/mol. The van der Waals surface area contributed by atoms with Crippen molar-refractivity contribution in [2.24, 2.45) is 0 Å². The van der Waals surface area contributed by atoms with E-state index in [0.717, 1.165) is 31.4 Å². The molecule has 1 saturated heterocycles. The van der Waals surface area contributed by atoms with Crippen molar-refractivity contribution in [2.45, 2.75) is 38.5 Å². The van der Waals surface area contributed by atoms with E-state index in [1.165, 1.54) is 29.0 Å².